The third-order valence-corrected chi connectivity index (χ3v) is 2.98. The lowest BCUT2D eigenvalue weighted by atomic mass is 10.2. The molecule has 21 heavy (non-hydrogen) atoms. The van der Waals surface area contributed by atoms with Crippen molar-refractivity contribution in [1.29, 1.82) is 0 Å². The minimum atomic E-state index is -4.35. The molecule has 0 saturated heterocycles. The zero-order valence-electron chi connectivity index (χ0n) is 10.7. The van der Waals surface area contributed by atoms with Crippen LogP contribution < -0.4 is 10.1 Å². The number of benzene rings is 1. The normalized spacial score (nSPS) is 13.0. The topological polar surface area (TPSA) is 67.3 Å². The molecular weight excluding hydrogens is 307 g/mol. The molecule has 1 heterocycles. The standard InChI is InChI=1S/C12H12F3N3O2S/c13-12(14,15)8-1-3-9(4-2-8)16-5-10(19)7-20-11-6-17-21-18-11/h1-4,6,10,16,19H,5,7H2. The second kappa shape index (κ2) is 6.72. The lowest BCUT2D eigenvalue weighted by molar-refractivity contribution is -0.137. The Kier molecular flexibility index (Phi) is 4.97. The number of aromatic nitrogens is 2. The molecule has 2 N–H and O–H groups in total. The summed E-state index contributed by atoms with van der Waals surface area (Å²) in [6, 6.07) is 4.57. The first-order valence-electron chi connectivity index (χ1n) is 5.94. The number of alkyl halides is 3. The molecule has 1 unspecified atom stereocenters. The molecule has 2 rings (SSSR count). The predicted octanol–water partition coefficient (Wildman–Crippen LogP) is 2.41. The van der Waals surface area contributed by atoms with E-state index in [-0.39, 0.29) is 13.2 Å². The fourth-order valence-electron chi connectivity index (χ4n) is 1.47. The minimum absolute atomic E-state index is 0.0129. The van der Waals surface area contributed by atoms with E-state index < -0.39 is 17.8 Å². The summed E-state index contributed by atoms with van der Waals surface area (Å²) < 4.78 is 49.9. The number of aliphatic hydroxyl groups is 1. The van der Waals surface area contributed by atoms with Gasteiger partial charge in [-0.05, 0) is 24.3 Å². The molecule has 1 aromatic heterocycles. The average molecular weight is 319 g/mol. The van der Waals surface area contributed by atoms with Crippen LogP contribution in [0.15, 0.2) is 30.5 Å². The fourth-order valence-corrected chi connectivity index (χ4v) is 1.84. The van der Waals surface area contributed by atoms with Crippen molar-refractivity contribution in [3.05, 3.63) is 36.0 Å². The summed E-state index contributed by atoms with van der Waals surface area (Å²) in [5.74, 6) is 0.327. The number of halogens is 3. The van der Waals surface area contributed by atoms with Gasteiger partial charge in [0.1, 0.15) is 18.9 Å². The van der Waals surface area contributed by atoms with Crippen LogP contribution in [-0.2, 0) is 6.18 Å². The van der Waals surface area contributed by atoms with Gasteiger partial charge in [-0.15, -0.1) is 4.37 Å². The molecule has 0 aliphatic heterocycles. The van der Waals surface area contributed by atoms with Crippen LogP contribution in [0.25, 0.3) is 0 Å². The second-order valence-electron chi connectivity index (χ2n) is 4.17. The summed E-state index contributed by atoms with van der Waals surface area (Å²) in [6.45, 7) is 0.155. The van der Waals surface area contributed by atoms with E-state index >= 15 is 0 Å². The molecule has 0 aliphatic rings. The highest BCUT2D eigenvalue weighted by molar-refractivity contribution is 6.99. The molecule has 2 aromatic rings. The smallest absolute Gasteiger partial charge is 0.416 e. The summed E-state index contributed by atoms with van der Waals surface area (Å²) in [7, 11) is 0. The van der Waals surface area contributed by atoms with Gasteiger partial charge in [0.15, 0.2) is 0 Å². The average Bonchev–Trinajstić information content (AvgIpc) is 2.95. The van der Waals surface area contributed by atoms with Crippen LogP contribution in [-0.4, -0.2) is 33.1 Å². The van der Waals surface area contributed by atoms with Crippen molar-refractivity contribution < 1.29 is 23.0 Å². The van der Waals surface area contributed by atoms with E-state index in [1.165, 1.54) is 18.3 Å². The van der Waals surface area contributed by atoms with Gasteiger partial charge in [0.25, 0.3) is 0 Å². The van der Waals surface area contributed by atoms with Crippen molar-refractivity contribution >= 4 is 17.4 Å². The molecule has 5 nitrogen and oxygen atoms in total. The van der Waals surface area contributed by atoms with Crippen molar-refractivity contribution in [3.63, 3.8) is 0 Å². The Morgan fingerprint density at radius 1 is 1.29 bits per heavy atom. The Bertz CT molecular complexity index is 546. The summed E-state index contributed by atoms with van der Waals surface area (Å²) in [4.78, 5) is 0. The molecule has 0 bridgehead atoms. The molecule has 0 amide bonds. The molecule has 9 heteroatoms. The van der Waals surface area contributed by atoms with Gasteiger partial charge in [-0.25, -0.2) is 0 Å². The van der Waals surface area contributed by atoms with Gasteiger partial charge < -0.3 is 15.2 Å². The number of ether oxygens (including phenoxy) is 1. The minimum Gasteiger partial charge on any atom is -0.473 e. The van der Waals surface area contributed by atoms with Crippen molar-refractivity contribution in [2.45, 2.75) is 12.3 Å². The maximum absolute atomic E-state index is 12.4. The molecule has 0 aliphatic carbocycles. The van der Waals surface area contributed by atoms with Gasteiger partial charge in [-0.1, -0.05) is 0 Å². The van der Waals surface area contributed by atoms with E-state index in [0.717, 1.165) is 23.9 Å². The number of nitrogens with zero attached hydrogens (tertiary/aromatic N) is 2. The lowest BCUT2D eigenvalue weighted by Crippen LogP contribution is -2.26. The van der Waals surface area contributed by atoms with E-state index in [0.29, 0.717) is 11.6 Å². The monoisotopic (exact) mass is 319 g/mol. The fraction of sp³-hybridized carbons (Fsp3) is 0.333. The molecule has 0 spiro atoms. The molecule has 0 fully saturated rings. The Morgan fingerprint density at radius 2 is 2.00 bits per heavy atom. The van der Waals surface area contributed by atoms with Crippen molar-refractivity contribution in [2.24, 2.45) is 0 Å². The molecular formula is C12H12F3N3O2S. The van der Waals surface area contributed by atoms with Crippen LogP contribution in [0.1, 0.15) is 5.56 Å². The quantitative estimate of drug-likeness (QED) is 0.856. The van der Waals surface area contributed by atoms with Crippen LogP contribution in [0.4, 0.5) is 18.9 Å². The molecule has 0 radical (unpaired) electrons. The summed E-state index contributed by atoms with van der Waals surface area (Å²) >= 11 is 0.991. The Hall–Kier alpha value is -1.87. The Morgan fingerprint density at radius 3 is 2.57 bits per heavy atom. The van der Waals surface area contributed by atoms with E-state index in [2.05, 4.69) is 14.1 Å². The van der Waals surface area contributed by atoms with E-state index in [1.54, 1.807) is 0 Å². The van der Waals surface area contributed by atoms with E-state index in [9.17, 15) is 18.3 Å². The second-order valence-corrected chi connectivity index (χ2v) is 4.72. The largest absolute Gasteiger partial charge is 0.473 e. The van der Waals surface area contributed by atoms with Crippen molar-refractivity contribution in [3.8, 4) is 5.88 Å². The van der Waals surface area contributed by atoms with Gasteiger partial charge >= 0.3 is 6.18 Å². The molecule has 114 valence electrons. The van der Waals surface area contributed by atoms with Crippen molar-refractivity contribution in [1.82, 2.24) is 8.75 Å². The van der Waals surface area contributed by atoms with Crippen LogP contribution in [0.3, 0.4) is 0 Å². The first kappa shape index (κ1) is 15.5. The van der Waals surface area contributed by atoms with Gasteiger partial charge in [-0.3, -0.25) is 0 Å². The maximum Gasteiger partial charge on any atom is 0.416 e. The van der Waals surface area contributed by atoms with Gasteiger partial charge in [-0.2, -0.15) is 17.5 Å². The third kappa shape index (κ3) is 4.87. The SMILES string of the molecule is OC(CNc1ccc(C(F)(F)F)cc1)COc1cnsn1. The number of rotatable bonds is 6. The number of hydrogen-bond acceptors (Lipinski definition) is 6. The predicted molar refractivity (Wildman–Crippen MR) is 71.3 cm³/mol. The summed E-state index contributed by atoms with van der Waals surface area (Å²) in [5.41, 5.74) is -0.231. The zero-order chi connectivity index (χ0) is 15.3. The van der Waals surface area contributed by atoms with Crippen LogP contribution >= 0.6 is 11.7 Å². The summed E-state index contributed by atoms with van der Waals surface area (Å²) in [5, 5.41) is 12.5. The number of nitrogens with one attached hydrogen (secondary N) is 1. The highest BCUT2D eigenvalue weighted by Gasteiger charge is 2.29. The number of hydrogen-bond donors (Lipinski definition) is 2. The lowest BCUT2D eigenvalue weighted by Gasteiger charge is -2.13. The molecule has 0 saturated carbocycles. The zero-order valence-corrected chi connectivity index (χ0v) is 11.5. The van der Waals surface area contributed by atoms with Gasteiger partial charge in [0, 0.05) is 12.2 Å². The first-order chi connectivity index (χ1) is 9.95. The van der Waals surface area contributed by atoms with E-state index in [1.807, 2.05) is 0 Å². The molecule has 1 aromatic carbocycles. The number of aliphatic hydroxyl groups excluding tert-OH is 1. The van der Waals surface area contributed by atoms with E-state index in [4.69, 9.17) is 4.74 Å². The Labute approximate surface area is 122 Å². The van der Waals surface area contributed by atoms with Crippen LogP contribution in [0.2, 0.25) is 0 Å². The maximum atomic E-state index is 12.4. The third-order valence-electron chi connectivity index (χ3n) is 2.52. The Balaban J connectivity index is 1.77. The van der Waals surface area contributed by atoms with Crippen LogP contribution in [0, 0.1) is 0 Å². The highest BCUT2D eigenvalue weighted by Crippen LogP contribution is 2.29. The first-order valence-corrected chi connectivity index (χ1v) is 6.68. The van der Waals surface area contributed by atoms with Gasteiger partial charge in [0.2, 0.25) is 5.88 Å². The van der Waals surface area contributed by atoms with Crippen molar-refractivity contribution in [2.75, 3.05) is 18.5 Å². The number of anilines is 1. The summed E-state index contributed by atoms with van der Waals surface area (Å²) in [6.07, 6.45) is -3.75. The van der Waals surface area contributed by atoms with Crippen LogP contribution in [0.5, 0.6) is 5.88 Å². The van der Waals surface area contributed by atoms with Gasteiger partial charge in [0.05, 0.1) is 17.3 Å². The highest BCUT2D eigenvalue weighted by atomic mass is 32.1. The molecule has 1 atom stereocenters.